The van der Waals surface area contributed by atoms with Crippen LogP contribution in [0.3, 0.4) is 0 Å². The van der Waals surface area contributed by atoms with Gasteiger partial charge in [-0.15, -0.1) is 0 Å². The summed E-state index contributed by atoms with van der Waals surface area (Å²) in [7, 11) is 0. The topological polar surface area (TPSA) is 44.0 Å². The number of hydrogen-bond acceptors (Lipinski definition) is 2. The van der Waals surface area contributed by atoms with Crippen molar-refractivity contribution in [3.05, 3.63) is 39.6 Å². The molecule has 1 N–H and O–H groups in total. The van der Waals surface area contributed by atoms with E-state index < -0.39 is 12.4 Å². The Labute approximate surface area is 96.2 Å². The van der Waals surface area contributed by atoms with Crippen molar-refractivity contribution in [2.24, 2.45) is 0 Å². The van der Waals surface area contributed by atoms with Crippen LogP contribution < -0.4 is 0 Å². The smallest absolute Gasteiger partial charge is 0.148 e. The highest BCUT2D eigenvalue weighted by molar-refractivity contribution is 6.43. The molecule has 0 saturated carbocycles. The minimum Gasteiger partial charge on any atom is -0.508 e. The van der Waals surface area contributed by atoms with E-state index in [9.17, 15) is 4.39 Å². The number of benzene rings is 1. The first kappa shape index (κ1) is 11.8. The average molecular weight is 246 g/mol. The minimum absolute atomic E-state index is 0.121. The Morgan fingerprint density at radius 2 is 2.13 bits per heavy atom. The third kappa shape index (κ3) is 2.41. The van der Waals surface area contributed by atoms with Gasteiger partial charge in [-0.2, -0.15) is 5.26 Å². The zero-order chi connectivity index (χ0) is 11.4. The summed E-state index contributed by atoms with van der Waals surface area (Å²) in [5, 5.41) is 18.3. The number of nitrogens with zero attached hydrogens (tertiary/aromatic N) is 1. The van der Waals surface area contributed by atoms with Crippen LogP contribution in [0.2, 0.25) is 10.0 Å². The summed E-state index contributed by atoms with van der Waals surface area (Å²) in [6.07, 6.45) is 0. The van der Waals surface area contributed by atoms with E-state index >= 15 is 0 Å². The molecule has 15 heavy (non-hydrogen) atoms. The SMILES string of the molecule is N#CC(=C(O)CF)c1cccc(Cl)c1Cl. The molecule has 0 fully saturated rings. The van der Waals surface area contributed by atoms with Crippen LogP contribution in [-0.4, -0.2) is 11.8 Å². The van der Waals surface area contributed by atoms with E-state index in [1.165, 1.54) is 12.1 Å². The summed E-state index contributed by atoms with van der Waals surface area (Å²) < 4.78 is 12.2. The van der Waals surface area contributed by atoms with Crippen LogP contribution in [0, 0.1) is 11.3 Å². The Morgan fingerprint density at radius 3 is 2.67 bits per heavy atom. The molecule has 0 amide bonds. The Bertz CT molecular complexity index is 451. The van der Waals surface area contributed by atoms with Gasteiger partial charge in [0.2, 0.25) is 0 Å². The molecule has 0 heterocycles. The van der Waals surface area contributed by atoms with E-state index in [0.717, 1.165) is 0 Å². The lowest BCUT2D eigenvalue weighted by Crippen LogP contribution is -1.92. The van der Waals surface area contributed by atoms with Crippen LogP contribution in [0.25, 0.3) is 5.57 Å². The van der Waals surface area contributed by atoms with Crippen molar-refractivity contribution in [2.75, 3.05) is 6.67 Å². The van der Waals surface area contributed by atoms with Gasteiger partial charge in [0.25, 0.3) is 0 Å². The van der Waals surface area contributed by atoms with E-state index in [0.29, 0.717) is 0 Å². The highest BCUT2D eigenvalue weighted by Crippen LogP contribution is 2.31. The molecule has 0 aromatic heterocycles. The first-order valence-corrected chi connectivity index (χ1v) is 4.70. The molecule has 1 aromatic rings. The van der Waals surface area contributed by atoms with Crippen molar-refractivity contribution in [3.8, 4) is 6.07 Å². The van der Waals surface area contributed by atoms with E-state index in [1.54, 1.807) is 12.1 Å². The number of hydrogen-bond donors (Lipinski definition) is 1. The van der Waals surface area contributed by atoms with Crippen molar-refractivity contribution in [3.63, 3.8) is 0 Å². The van der Waals surface area contributed by atoms with Crippen LogP contribution in [-0.2, 0) is 0 Å². The Hall–Kier alpha value is -1.24. The molecule has 0 aliphatic heterocycles. The number of allylic oxidation sites excluding steroid dienone is 2. The van der Waals surface area contributed by atoms with Crippen LogP contribution in [0.4, 0.5) is 4.39 Å². The third-order valence-electron chi connectivity index (χ3n) is 1.75. The summed E-state index contributed by atoms with van der Waals surface area (Å²) >= 11 is 11.5. The summed E-state index contributed by atoms with van der Waals surface area (Å²) in [5.41, 5.74) is 0.0202. The second kappa shape index (κ2) is 5.01. The normalized spacial score (nSPS) is 11.9. The number of halogens is 3. The molecular formula is C10H6Cl2FNO. The molecule has 0 aliphatic rings. The van der Waals surface area contributed by atoms with Gasteiger partial charge in [-0.25, -0.2) is 4.39 Å². The second-order valence-corrected chi connectivity index (χ2v) is 3.45. The van der Waals surface area contributed by atoms with Gasteiger partial charge in [0.15, 0.2) is 0 Å². The zero-order valence-corrected chi connectivity index (χ0v) is 8.98. The average Bonchev–Trinajstić information content (AvgIpc) is 2.24. The fourth-order valence-electron chi connectivity index (χ4n) is 1.04. The van der Waals surface area contributed by atoms with E-state index in [-0.39, 0.29) is 21.2 Å². The largest absolute Gasteiger partial charge is 0.508 e. The molecule has 2 nitrogen and oxygen atoms in total. The van der Waals surface area contributed by atoms with Crippen molar-refractivity contribution < 1.29 is 9.50 Å². The first-order valence-electron chi connectivity index (χ1n) is 3.94. The summed E-state index contributed by atoms with van der Waals surface area (Å²) in [5.74, 6) is -0.651. The van der Waals surface area contributed by atoms with Crippen molar-refractivity contribution in [1.82, 2.24) is 0 Å². The predicted molar refractivity (Wildman–Crippen MR) is 57.6 cm³/mol. The number of alkyl halides is 1. The van der Waals surface area contributed by atoms with Crippen LogP contribution in [0.1, 0.15) is 5.56 Å². The number of aliphatic hydroxyl groups excluding tert-OH is 1. The molecule has 0 bridgehead atoms. The van der Waals surface area contributed by atoms with Crippen LogP contribution >= 0.6 is 23.2 Å². The van der Waals surface area contributed by atoms with E-state index in [4.69, 9.17) is 33.6 Å². The molecule has 0 spiro atoms. The predicted octanol–water partition coefficient (Wildman–Crippen LogP) is 3.76. The van der Waals surface area contributed by atoms with E-state index in [2.05, 4.69) is 0 Å². The molecule has 0 radical (unpaired) electrons. The fourth-order valence-corrected chi connectivity index (χ4v) is 1.44. The minimum atomic E-state index is -1.12. The highest BCUT2D eigenvalue weighted by atomic mass is 35.5. The zero-order valence-electron chi connectivity index (χ0n) is 7.47. The van der Waals surface area contributed by atoms with Gasteiger partial charge in [-0.3, -0.25) is 0 Å². The van der Waals surface area contributed by atoms with Gasteiger partial charge in [0.1, 0.15) is 24.1 Å². The molecule has 1 aromatic carbocycles. The maximum atomic E-state index is 12.2. The Kier molecular flexibility index (Phi) is 3.96. The number of nitriles is 1. The Balaban J connectivity index is 3.40. The molecular weight excluding hydrogens is 240 g/mol. The van der Waals surface area contributed by atoms with Gasteiger partial charge in [0.05, 0.1) is 10.0 Å². The summed E-state index contributed by atoms with van der Waals surface area (Å²) in [6.45, 7) is -1.12. The van der Waals surface area contributed by atoms with Crippen LogP contribution in [0.5, 0.6) is 0 Å². The maximum Gasteiger partial charge on any atom is 0.148 e. The molecule has 0 atom stereocenters. The second-order valence-electron chi connectivity index (χ2n) is 2.67. The van der Waals surface area contributed by atoms with Gasteiger partial charge < -0.3 is 5.11 Å². The highest BCUT2D eigenvalue weighted by Gasteiger charge is 2.13. The van der Waals surface area contributed by atoms with Gasteiger partial charge in [-0.05, 0) is 6.07 Å². The number of aliphatic hydroxyl groups is 1. The Morgan fingerprint density at radius 1 is 1.47 bits per heavy atom. The maximum absolute atomic E-state index is 12.2. The molecule has 0 aliphatic carbocycles. The van der Waals surface area contributed by atoms with Gasteiger partial charge in [-0.1, -0.05) is 35.3 Å². The fraction of sp³-hybridized carbons (Fsp3) is 0.100. The first-order chi connectivity index (χ1) is 7.11. The molecule has 78 valence electrons. The summed E-state index contributed by atoms with van der Waals surface area (Å²) in [4.78, 5) is 0. The van der Waals surface area contributed by atoms with Gasteiger partial charge >= 0.3 is 0 Å². The quantitative estimate of drug-likeness (QED) is 0.637. The van der Waals surface area contributed by atoms with E-state index in [1.807, 2.05) is 0 Å². The molecule has 1 rings (SSSR count). The molecule has 5 heteroatoms. The van der Waals surface area contributed by atoms with Crippen molar-refractivity contribution >= 4 is 28.8 Å². The lowest BCUT2D eigenvalue weighted by Gasteiger charge is -2.05. The van der Waals surface area contributed by atoms with Gasteiger partial charge in [0, 0.05) is 5.56 Å². The lowest BCUT2D eigenvalue weighted by atomic mass is 10.1. The molecule has 0 unspecified atom stereocenters. The van der Waals surface area contributed by atoms with Crippen molar-refractivity contribution in [1.29, 1.82) is 5.26 Å². The number of rotatable bonds is 2. The standard InChI is InChI=1S/C10H6Cl2FNO/c11-8-3-1-2-6(10(8)12)7(5-14)9(15)4-13/h1-3,15H,4H2. The lowest BCUT2D eigenvalue weighted by molar-refractivity contribution is 0.347. The monoisotopic (exact) mass is 245 g/mol. The van der Waals surface area contributed by atoms with Crippen LogP contribution in [0.15, 0.2) is 24.0 Å². The summed E-state index contributed by atoms with van der Waals surface area (Å²) in [6, 6.07) is 6.27. The molecule has 0 saturated heterocycles. The van der Waals surface area contributed by atoms with Crippen molar-refractivity contribution in [2.45, 2.75) is 0 Å². The third-order valence-corrected chi connectivity index (χ3v) is 2.57.